The fourth-order valence-corrected chi connectivity index (χ4v) is 2.09. The third kappa shape index (κ3) is 2.02. The van der Waals surface area contributed by atoms with Crippen LogP contribution in [0.5, 0.6) is 0 Å². The number of halogens is 1. The average Bonchev–Trinajstić information content (AvgIpc) is 2.53. The minimum atomic E-state index is -0.725. The SMILES string of the molecule is CS/C(Cl)=C\[C@@H]1[C@@H](C(=O)O)C1(C)C. The molecule has 1 fully saturated rings. The summed E-state index contributed by atoms with van der Waals surface area (Å²) >= 11 is 7.27. The highest BCUT2D eigenvalue weighted by Crippen LogP contribution is 2.59. The van der Waals surface area contributed by atoms with Gasteiger partial charge in [-0.25, -0.2) is 0 Å². The molecule has 0 aromatic heterocycles. The maximum absolute atomic E-state index is 10.8. The Balaban J connectivity index is 2.71. The number of carbonyl (C=O) groups is 1. The van der Waals surface area contributed by atoms with Crippen LogP contribution in [-0.2, 0) is 4.79 Å². The van der Waals surface area contributed by atoms with Gasteiger partial charge in [0.2, 0.25) is 0 Å². The second-order valence-corrected chi connectivity index (χ2v) is 5.32. The summed E-state index contributed by atoms with van der Waals surface area (Å²) in [6.45, 7) is 3.91. The van der Waals surface area contributed by atoms with Gasteiger partial charge in [0.1, 0.15) is 0 Å². The van der Waals surface area contributed by atoms with Crippen LogP contribution >= 0.6 is 23.4 Å². The summed E-state index contributed by atoms with van der Waals surface area (Å²) in [4.78, 5) is 10.8. The zero-order chi connectivity index (χ0) is 10.2. The normalized spacial score (nSPS) is 31.5. The van der Waals surface area contributed by atoms with Crippen LogP contribution in [0.15, 0.2) is 10.4 Å². The summed E-state index contributed by atoms with van der Waals surface area (Å²) in [6, 6.07) is 0. The smallest absolute Gasteiger partial charge is 0.307 e. The molecule has 0 heterocycles. The van der Waals surface area contributed by atoms with E-state index in [1.54, 1.807) is 0 Å². The summed E-state index contributed by atoms with van der Waals surface area (Å²) in [5.74, 6) is -0.907. The van der Waals surface area contributed by atoms with Crippen LogP contribution in [0.1, 0.15) is 13.8 Å². The third-order valence-electron chi connectivity index (χ3n) is 2.68. The van der Waals surface area contributed by atoms with E-state index in [0.29, 0.717) is 4.36 Å². The number of carboxylic acids is 1. The summed E-state index contributed by atoms with van der Waals surface area (Å²) < 4.78 is 0.682. The van der Waals surface area contributed by atoms with Gasteiger partial charge >= 0.3 is 5.97 Å². The van der Waals surface area contributed by atoms with Gasteiger partial charge in [0.05, 0.1) is 10.3 Å². The highest BCUT2D eigenvalue weighted by molar-refractivity contribution is 8.03. The summed E-state index contributed by atoms with van der Waals surface area (Å²) in [5.41, 5.74) is -0.137. The first-order valence-electron chi connectivity index (χ1n) is 4.05. The van der Waals surface area contributed by atoms with Crippen molar-refractivity contribution in [2.75, 3.05) is 6.26 Å². The molecule has 13 heavy (non-hydrogen) atoms. The van der Waals surface area contributed by atoms with Crippen molar-refractivity contribution in [3.8, 4) is 0 Å². The molecule has 1 saturated carbocycles. The number of allylic oxidation sites excluding steroid dienone is 1. The van der Waals surface area contributed by atoms with Crippen LogP contribution in [0, 0.1) is 17.3 Å². The molecule has 0 aromatic rings. The molecule has 0 aliphatic heterocycles. The van der Waals surface area contributed by atoms with Crippen molar-refractivity contribution >= 4 is 29.3 Å². The van der Waals surface area contributed by atoms with E-state index in [9.17, 15) is 4.79 Å². The van der Waals surface area contributed by atoms with E-state index in [0.717, 1.165) is 0 Å². The molecule has 1 aliphatic carbocycles. The molecular weight excluding hydrogens is 208 g/mol. The van der Waals surface area contributed by atoms with E-state index in [2.05, 4.69) is 0 Å². The standard InChI is InChI=1S/C9H13ClO2S/c1-9(2)5(4-6(10)13-3)7(9)8(11)12/h4-5,7H,1-3H3,(H,11,12)/b6-4-/t5-,7+/m1/s1. The van der Waals surface area contributed by atoms with Crippen LogP contribution < -0.4 is 0 Å². The van der Waals surface area contributed by atoms with Crippen molar-refractivity contribution < 1.29 is 9.90 Å². The Labute approximate surface area is 87.3 Å². The van der Waals surface area contributed by atoms with E-state index >= 15 is 0 Å². The van der Waals surface area contributed by atoms with Gasteiger partial charge in [-0.2, -0.15) is 0 Å². The molecule has 2 atom stereocenters. The van der Waals surface area contributed by atoms with E-state index < -0.39 is 5.97 Å². The predicted octanol–water partition coefficient (Wildman–Crippen LogP) is 2.79. The monoisotopic (exact) mass is 220 g/mol. The topological polar surface area (TPSA) is 37.3 Å². The third-order valence-corrected chi connectivity index (χ3v) is 3.80. The van der Waals surface area contributed by atoms with Gasteiger partial charge in [0.15, 0.2) is 0 Å². The summed E-state index contributed by atoms with van der Waals surface area (Å²) in [6.07, 6.45) is 3.73. The zero-order valence-corrected chi connectivity index (χ0v) is 9.45. The first-order chi connectivity index (χ1) is 5.91. The van der Waals surface area contributed by atoms with Gasteiger partial charge in [0, 0.05) is 0 Å². The Morgan fingerprint density at radius 2 is 2.15 bits per heavy atom. The number of thioether (sulfide) groups is 1. The Morgan fingerprint density at radius 1 is 1.62 bits per heavy atom. The van der Waals surface area contributed by atoms with Gasteiger partial charge in [-0.3, -0.25) is 4.79 Å². The highest BCUT2D eigenvalue weighted by Gasteiger charge is 2.60. The molecule has 1 N–H and O–H groups in total. The maximum atomic E-state index is 10.8. The molecular formula is C9H13ClO2S. The largest absolute Gasteiger partial charge is 0.481 e. The van der Waals surface area contributed by atoms with Gasteiger partial charge in [-0.15, -0.1) is 11.8 Å². The van der Waals surface area contributed by atoms with E-state index in [4.69, 9.17) is 16.7 Å². The molecule has 0 saturated heterocycles. The van der Waals surface area contributed by atoms with Crippen LogP contribution in [0.25, 0.3) is 0 Å². The van der Waals surface area contributed by atoms with Gasteiger partial charge < -0.3 is 5.11 Å². The Bertz CT molecular complexity index is 260. The van der Waals surface area contributed by atoms with E-state index in [1.165, 1.54) is 11.8 Å². The zero-order valence-electron chi connectivity index (χ0n) is 7.87. The van der Waals surface area contributed by atoms with Crippen molar-refractivity contribution in [1.82, 2.24) is 0 Å². The molecule has 0 unspecified atom stereocenters. The fourth-order valence-electron chi connectivity index (χ4n) is 1.67. The van der Waals surface area contributed by atoms with Crippen LogP contribution in [0.4, 0.5) is 0 Å². The minimum absolute atomic E-state index is 0.0879. The number of carboxylic acid groups (broad SMARTS) is 1. The second-order valence-electron chi connectivity index (χ2n) is 3.84. The lowest BCUT2D eigenvalue weighted by Gasteiger charge is -1.97. The van der Waals surface area contributed by atoms with Crippen molar-refractivity contribution in [2.24, 2.45) is 17.3 Å². The molecule has 1 aliphatic rings. The van der Waals surface area contributed by atoms with Crippen LogP contribution in [0.2, 0.25) is 0 Å². The molecule has 0 spiro atoms. The lowest BCUT2D eigenvalue weighted by atomic mass is 10.1. The highest BCUT2D eigenvalue weighted by atomic mass is 35.5. The summed E-state index contributed by atoms with van der Waals surface area (Å²) in [7, 11) is 0. The second kappa shape index (κ2) is 3.54. The van der Waals surface area contributed by atoms with Crippen LogP contribution in [-0.4, -0.2) is 17.3 Å². The first kappa shape index (κ1) is 10.9. The number of aliphatic carboxylic acids is 1. The van der Waals surface area contributed by atoms with Crippen molar-refractivity contribution in [1.29, 1.82) is 0 Å². The molecule has 0 bridgehead atoms. The minimum Gasteiger partial charge on any atom is -0.481 e. The van der Waals surface area contributed by atoms with E-state index in [-0.39, 0.29) is 17.3 Å². The molecule has 0 radical (unpaired) electrons. The van der Waals surface area contributed by atoms with Crippen molar-refractivity contribution in [2.45, 2.75) is 13.8 Å². The quantitative estimate of drug-likeness (QED) is 0.795. The lowest BCUT2D eigenvalue weighted by Crippen LogP contribution is -2.02. The van der Waals surface area contributed by atoms with E-state index in [1.807, 2.05) is 26.2 Å². The molecule has 0 amide bonds. The Kier molecular flexibility index (Phi) is 2.98. The maximum Gasteiger partial charge on any atom is 0.307 e. The number of rotatable bonds is 3. The fraction of sp³-hybridized carbons (Fsp3) is 0.667. The molecule has 0 aromatic carbocycles. The lowest BCUT2D eigenvalue weighted by molar-refractivity contribution is -0.139. The van der Waals surface area contributed by atoms with Gasteiger partial charge in [-0.05, 0) is 17.6 Å². The van der Waals surface area contributed by atoms with Crippen molar-refractivity contribution in [3.63, 3.8) is 0 Å². The summed E-state index contributed by atoms with van der Waals surface area (Å²) in [5, 5.41) is 8.87. The number of hydrogen-bond donors (Lipinski definition) is 1. The average molecular weight is 221 g/mol. The predicted molar refractivity (Wildman–Crippen MR) is 55.8 cm³/mol. The molecule has 4 heteroatoms. The van der Waals surface area contributed by atoms with Crippen molar-refractivity contribution in [3.05, 3.63) is 10.4 Å². The van der Waals surface area contributed by atoms with Crippen LogP contribution in [0.3, 0.4) is 0 Å². The molecule has 2 nitrogen and oxygen atoms in total. The first-order valence-corrected chi connectivity index (χ1v) is 5.65. The van der Waals surface area contributed by atoms with Gasteiger partial charge in [-0.1, -0.05) is 31.5 Å². The molecule has 74 valence electrons. The Hall–Kier alpha value is -0.150. The molecule has 1 rings (SSSR count). The Morgan fingerprint density at radius 3 is 2.46 bits per heavy atom. The number of hydrogen-bond acceptors (Lipinski definition) is 2. The van der Waals surface area contributed by atoms with Gasteiger partial charge in [0.25, 0.3) is 0 Å².